The minimum Gasteiger partial charge on any atom is -0.329 e. The fourth-order valence-electron chi connectivity index (χ4n) is 1.22. The van der Waals surface area contributed by atoms with Gasteiger partial charge in [-0.3, -0.25) is 4.90 Å². The smallest absolute Gasteiger partial charge is 0.329 e. The van der Waals surface area contributed by atoms with Gasteiger partial charge in [0.05, 0.1) is 6.07 Å². The Hall–Kier alpha value is -0.800. The number of rotatable bonds is 5. The van der Waals surface area contributed by atoms with Crippen LogP contribution >= 0.6 is 0 Å². The van der Waals surface area contributed by atoms with E-state index in [0.29, 0.717) is 0 Å². The molecule has 0 aromatic rings. The Morgan fingerprint density at radius 2 is 2.07 bits per heavy atom. The van der Waals surface area contributed by atoms with Crippen LogP contribution in [0.4, 0.5) is 13.2 Å². The number of halogens is 3. The quantitative estimate of drug-likeness (QED) is 0.738. The van der Waals surface area contributed by atoms with Gasteiger partial charge in [-0.25, -0.2) is 0 Å². The van der Waals surface area contributed by atoms with Crippen LogP contribution < -0.4 is 5.73 Å². The Kier molecular flexibility index (Phi) is 5.50. The van der Waals surface area contributed by atoms with E-state index in [1.54, 1.807) is 6.92 Å². The molecule has 1 atom stereocenters. The summed E-state index contributed by atoms with van der Waals surface area (Å²) in [7, 11) is 0. The van der Waals surface area contributed by atoms with Gasteiger partial charge >= 0.3 is 6.18 Å². The van der Waals surface area contributed by atoms with Crippen LogP contribution in [0.1, 0.15) is 13.3 Å². The maximum absolute atomic E-state index is 12.4. The van der Waals surface area contributed by atoms with Crippen molar-refractivity contribution in [2.75, 3.05) is 19.6 Å². The van der Waals surface area contributed by atoms with Crippen molar-refractivity contribution in [3.63, 3.8) is 0 Å². The van der Waals surface area contributed by atoms with Gasteiger partial charge in [-0.05, 0) is 6.54 Å². The van der Waals surface area contributed by atoms with Gasteiger partial charge in [0.1, 0.15) is 6.04 Å². The zero-order valence-corrected chi connectivity index (χ0v) is 8.01. The van der Waals surface area contributed by atoms with E-state index in [2.05, 4.69) is 0 Å². The van der Waals surface area contributed by atoms with Gasteiger partial charge in [0.25, 0.3) is 0 Å². The van der Waals surface area contributed by atoms with Crippen molar-refractivity contribution in [3.8, 4) is 6.07 Å². The van der Waals surface area contributed by atoms with Gasteiger partial charge in [-0.15, -0.1) is 0 Å². The summed E-state index contributed by atoms with van der Waals surface area (Å²) in [6, 6.07) is 0.175. The van der Waals surface area contributed by atoms with Gasteiger partial charge in [-0.1, -0.05) is 6.92 Å². The predicted octanol–water partition coefficient (Wildman–Crippen LogP) is 1.11. The van der Waals surface area contributed by atoms with E-state index >= 15 is 0 Å². The van der Waals surface area contributed by atoms with E-state index in [0.717, 1.165) is 0 Å². The molecule has 82 valence electrons. The molecule has 0 rings (SSSR count). The lowest BCUT2D eigenvalue weighted by molar-refractivity contribution is -0.180. The highest BCUT2D eigenvalue weighted by Gasteiger charge is 2.41. The summed E-state index contributed by atoms with van der Waals surface area (Å²) in [6.07, 6.45) is -4.24. The normalized spacial score (nSPS) is 14.1. The molecule has 0 aliphatic rings. The van der Waals surface area contributed by atoms with Gasteiger partial charge in [0, 0.05) is 19.5 Å². The Bertz CT molecular complexity index is 197. The molecule has 0 bridgehead atoms. The van der Waals surface area contributed by atoms with Crippen molar-refractivity contribution in [1.29, 1.82) is 5.26 Å². The molecule has 0 fully saturated rings. The fraction of sp³-hybridized carbons (Fsp3) is 0.875. The number of nitrogens with two attached hydrogens (primary N) is 1. The maximum atomic E-state index is 12.4. The van der Waals surface area contributed by atoms with Crippen molar-refractivity contribution in [1.82, 2.24) is 4.90 Å². The van der Waals surface area contributed by atoms with Crippen LogP contribution in [0.25, 0.3) is 0 Å². The molecule has 0 radical (unpaired) electrons. The number of hydrogen-bond donors (Lipinski definition) is 1. The van der Waals surface area contributed by atoms with Crippen LogP contribution in [0.2, 0.25) is 0 Å². The lowest BCUT2D eigenvalue weighted by Gasteiger charge is -2.30. The summed E-state index contributed by atoms with van der Waals surface area (Å²) in [5.41, 5.74) is 5.06. The van der Waals surface area contributed by atoms with Crippen LogP contribution in [0.3, 0.4) is 0 Å². The monoisotopic (exact) mass is 209 g/mol. The van der Waals surface area contributed by atoms with Gasteiger partial charge < -0.3 is 5.73 Å². The largest absolute Gasteiger partial charge is 0.405 e. The standard InChI is InChI=1S/C8H14F3N3/c1-2-14(5-3-4-12)7(6-13)8(9,10)11/h7H,2-3,5-6,13H2,1H3. The number of nitrogens with zero attached hydrogens (tertiary/aromatic N) is 2. The zero-order valence-electron chi connectivity index (χ0n) is 8.01. The Labute approximate surface area is 81.3 Å². The first-order valence-electron chi connectivity index (χ1n) is 4.35. The number of hydrogen-bond acceptors (Lipinski definition) is 3. The Morgan fingerprint density at radius 1 is 1.50 bits per heavy atom. The maximum Gasteiger partial charge on any atom is 0.405 e. The minimum atomic E-state index is -4.32. The van der Waals surface area contributed by atoms with Crippen LogP contribution in [0.15, 0.2) is 0 Å². The molecular weight excluding hydrogens is 195 g/mol. The van der Waals surface area contributed by atoms with E-state index in [1.807, 2.05) is 6.07 Å². The van der Waals surface area contributed by atoms with E-state index in [4.69, 9.17) is 11.0 Å². The average Bonchev–Trinajstić information content (AvgIpc) is 2.09. The van der Waals surface area contributed by atoms with E-state index in [-0.39, 0.29) is 19.5 Å². The van der Waals surface area contributed by atoms with Crippen molar-refractivity contribution >= 4 is 0 Å². The fourth-order valence-corrected chi connectivity index (χ4v) is 1.22. The molecule has 0 saturated heterocycles. The molecule has 0 aromatic carbocycles. The molecule has 0 spiro atoms. The minimum absolute atomic E-state index is 0.0837. The Morgan fingerprint density at radius 3 is 2.36 bits per heavy atom. The van der Waals surface area contributed by atoms with Crippen LogP contribution in [0, 0.1) is 11.3 Å². The molecule has 2 N–H and O–H groups in total. The molecule has 14 heavy (non-hydrogen) atoms. The highest BCUT2D eigenvalue weighted by Crippen LogP contribution is 2.24. The summed E-state index contributed by atoms with van der Waals surface area (Å²) in [5, 5.41) is 8.28. The van der Waals surface area contributed by atoms with Crippen LogP contribution in [-0.4, -0.2) is 36.8 Å². The third-order valence-electron chi connectivity index (χ3n) is 1.96. The van der Waals surface area contributed by atoms with Crippen molar-refractivity contribution in [3.05, 3.63) is 0 Å². The third kappa shape index (κ3) is 3.94. The third-order valence-corrected chi connectivity index (χ3v) is 1.96. The lowest BCUT2D eigenvalue weighted by atomic mass is 10.2. The number of likely N-dealkylation sites (N-methyl/N-ethyl adjacent to an activating group) is 1. The molecule has 3 nitrogen and oxygen atoms in total. The molecule has 0 heterocycles. The molecule has 0 saturated carbocycles. The highest BCUT2D eigenvalue weighted by atomic mass is 19.4. The highest BCUT2D eigenvalue weighted by molar-refractivity contribution is 4.82. The first-order valence-corrected chi connectivity index (χ1v) is 4.35. The van der Waals surface area contributed by atoms with E-state index in [1.165, 1.54) is 4.90 Å². The summed E-state index contributed by atoms with van der Waals surface area (Å²) < 4.78 is 37.1. The second-order valence-electron chi connectivity index (χ2n) is 2.83. The predicted molar refractivity (Wildman–Crippen MR) is 46.4 cm³/mol. The van der Waals surface area contributed by atoms with Crippen LogP contribution in [-0.2, 0) is 0 Å². The first-order chi connectivity index (χ1) is 6.47. The number of nitriles is 1. The zero-order chi connectivity index (χ0) is 11.2. The second kappa shape index (κ2) is 5.83. The molecule has 0 aliphatic heterocycles. The molecular formula is C8H14F3N3. The van der Waals surface area contributed by atoms with Gasteiger partial charge in [0.2, 0.25) is 0 Å². The summed E-state index contributed by atoms with van der Waals surface area (Å²) in [5.74, 6) is 0. The average molecular weight is 209 g/mol. The van der Waals surface area contributed by atoms with Crippen molar-refractivity contribution < 1.29 is 13.2 Å². The van der Waals surface area contributed by atoms with Gasteiger partial charge in [0.15, 0.2) is 0 Å². The summed E-state index contributed by atoms with van der Waals surface area (Å²) in [4.78, 5) is 1.17. The topological polar surface area (TPSA) is 53.0 Å². The molecule has 1 unspecified atom stereocenters. The van der Waals surface area contributed by atoms with E-state index < -0.39 is 18.8 Å². The van der Waals surface area contributed by atoms with Crippen molar-refractivity contribution in [2.45, 2.75) is 25.6 Å². The SMILES string of the molecule is CCN(CCC#N)C(CN)C(F)(F)F. The molecule has 6 heteroatoms. The number of alkyl halides is 3. The van der Waals surface area contributed by atoms with Crippen LogP contribution in [0.5, 0.6) is 0 Å². The van der Waals surface area contributed by atoms with Gasteiger partial charge in [-0.2, -0.15) is 18.4 Å². The molecule has 0 amide bonds. The van der Waals surface area contributed by atoms with Crippen molar-refractivity contribution in [2.24, 2.45) is 5.73 Å². The lowest BCUT2D eigenvalue weighted by Crippen LogP contribution is -2.50. The Balaban J connectivity index is 4.39. The summed E-state index contributed by atoms with van der Waals surface area (Å²) >= 11 is 0. The second-order valence-corrected chi connectivity index (χ2v) is 2.83. The summed E-state index contributed by atoms with van der Waals surface area (Å²) in [6.45, 7) is 1.49. The van der Waals surface area contributed by atoms with E-state index in [9.17, 15) is 13.2 Å². The molecule has 0 aliphatic carbocycles. The molecule has 0 aromatic heterocycles. The first kappa shape index (κ1) is 13.2.